The fraction of sp³-hybridized carbons (Fsp3) is 0.250. The average Bonchev–Trinajstić information content (AvgIpc) is 2.95. The molecule has 21 heavy (non-hydrogen) atoms. The second-order valence-corrected chi connectivity index (χ2v) is 6.28. The van der Waals surface area contributed by atoms with Crippen molar-refractivity contribution in [1.82, 2.24) is 0 Å². The van der Waals surface area contributed by atoms with Gasteiger partial charge in [0.05, 0.1) is 5.41 Å². The molecule has 1 heterocycles. The molecule has 1 aliphatic heterocycles. The highest BCUT2D eigenvalue weighted by molar-refractivity contribution is 6.03. The maximum absolute atomic E-state index is 2.30. The number of hydrogen-bond acceptors (Lipinski definition) is 0. The van der Waals surface area contributed by atoms with Crippen molar-refractivity contribution >= 4 is 11.4 Å². The maximum atomic E-state index is 2.30. The Morgan fingerprint density at radius 2 is 1.90 bits per heavy atom. The Morgan fingerprint density at radius 1 is 1.14 bits per heavy atom. The molecule has 1 nitrogen and oxygen atoms in total. The molecule has 1 aliphatic carbocycles. The zero-order valence-corrected chi connectivity index (χ0v) is 13.2. The van der Waals surface area contributed by atoms with E-state index in [9.17, 15) is 0 Å². The molecule has 1 heteroatoms. The monoisotopic (exact) mass is 276 g/mol. The molecule has 0 aromatic heterocycles. The van der Waals surface area contributed by atoms with E-state index in [0.717, 1.165) is 0 Å². The normalized spacial score (nSPS) is 21.5. The zero-order chi connectivity index (χ0) is 15.0. The van der Waals surface area contributed by atoms with Gasteiger partial charge in [-0.05, 0) is 31.9 Å². The number of fused-ring (bicyclic) bond motifs is 1. The first-order valence-electron chi connectivity index (χ1n) is 7.46. The fourth-order valence-electron chi connectivity index (χ4n) is 3.26. The molecular weight excluding hydrogens is 254 g/mol. The maximum Gasteiger partial charge on any atom is 0.209 e. The van der Waals surface area contributed by atoms with Crippen molar-refractivity contribution in [3.63, 3.8) is 0 Å². The van der Waals surface area contributed by atoms with E-state index in [4.69, 9.17) is 0 Å². The summed E-state index contributed by atoms with van der Waals surface area (Å²) in [7, 11) is 2.15. The minimum absolute atomic E-state index is 0.0523. The predicted octanol–water partition coefficient (Wildman–Crippen LogP) is 4.69. The van der Waals surface area contributed by atoms with Crippen LogP contribution in [0.1, 0.15) is 26.3 Å². The lowest BCUT2D eigenvalue weighted by Crippen LogP contribution is -2.26. The molecular formula is C20H22N+. The highest BCUT2D eigenvalue weighted by atomic mass is 15.0. The van der Waals surface area contributed by atoms with Gasteiger partial charge in [0, 0.05) is 17.7 Å². The summed E-state index contributed by atoms with van der Waals surface area (Å²) < 4.78 is 2.30. The van der Waals surface area contributed by atoms with Gasteiger partial charge < -0.3 is 0 Å². The SMILES string of the molecule is CC1=CC=C/C1=C/C=C/C1=[N+](C)c2ccccc2C1(C)C. The van der Waals surface area contributed by atoms with E-state index in [1.165, 1.54) is 28.1 Å². The second-order valence-electron chi connectivity index (χ2n) is 6.28. The first kappa shape index (κ1) is 13.8. The molecule has 0 bridgehead atoms. The Morgan fingerprint density at radius 3 is 2.57 bits per heavy atom. The van der Waals surface area contributed by atoms with Crippen LogP contribution in [0.15, 0.2) is 71.9 Å². The molecule has 0 saturated carbocycles. The molecule has 1 aromatic rings. The Labute approximate surface area is 127 Å². The third-order valence-corrected chi connectivity index (χ3v) is 4.55. The summed E-state index contributed by atoms with van der Waals surface area (Å²) in [6.07, 6.45) is 13.0. The van der Waals surface area contributed by atoms with E-state index in [0.29, 0.717) is 0 Å². The van der Waals surface area contributed by atoms with Gasteiger partial charge in [-0.3, -0.25) is 0 Å². The standard InChI is InChI=1S/C20H22N/c1-15-9-7-10-16(15)11-8-14-19-20(2,3)17-12-5-6-13-18(17)21(19)4/h5-14H,1-4H3/q+1/b14-8+,16-11-. The van der Waals surface area contributed by atoms with Crippen LogP contribution in [0.3, 0.4) is 0 Å². The summed E-state index contributed by atoms with van der Waals surface area (Å²) in [6, 6.07) is 8.67. The van der Waals surface area contributed by atoms with Crippen LogP contribution >= 0.6 is 0 Å². The molecule has 0 radical (unpaired) electrons. The summed E-state index contributed by atoms with van der Waals surface area (Å²) >= 11 is 0. The van der Waals surface area contributed by atoms with E-state index in [2.05, 4.69) is 93.1 Å². The van der Waals surface area contributed by atoms with Gasteiger partial charge in [0.15, 0.2) is 5.71 Å². The smallest absolute Gasteiger partial charge is 0.198 e. The lowest BCUT2D eigenvalue weighted by atomic mass is 9.81. The molecule has 3 rings (SSSR count). The van der Waals surface area contributed by atoms with Gasteiger partial charge in [-0.1, -0.05) is 48.6 Å². The van der Waals surface area contributed by atoms with Crippen LogP contribution in [0.5, 0.6) is 0 Å². The third kappa shape index (κ3) is 2.23. The van der Waals surface area contributed by atoms with E-state index in [-0.39, 0.29) is 5.41 Å². The number of hydrogen-bond donors (Lipinski definition) is 0. The minimum Gasteiger partial charge on any atom is -0.198 e. The number of para-hydroxylation sites is 1. The van der Waals surface area contributed by atoms with Crippen LogP contribution < -0.4 is 0 Å². The molecule has 0 saturated heterocycles. The van der Waals surface area contributed by atoms with Gasteiger partial charge >= 0.3 is 0 Å². The van der Waals surface area contributed by atoms with Crippen LogP contribution in [-0.4, -0.2) is 17.3 Å². The molecule has 0 fully saturated rings. The first-order valence-corrected chi connectivity index (χ1v) is 7.46. The van der Waals surface area contributed by atoms with Crippen molar-refractivity contribution in [2.24, 2.45) is 0 Å². The predicted molar refractivity (Wildman–Crippen MR) is 90.4 cm³/mol. The highest BCUT2D eigenvalue weighted by Gasteiger charge is 2.42. The van der Waals surface area contributed by atoms with Gasteiger partial charge in [-0.25, -0.2) is 0 Å². The van der Waals surface area contributed by atoms with Crippen LogP contribution in [0, 0.1) is 0 Å². The molecule has 0 unspecified atom stereocenters. The lowest BCUT2D eigenvalue weighted by molar-refractivity contribution is -0.401. The van der Waals surface area contributed by atoms with Crippen LogP contribution in [0.2, 0.25) is 0 Å². The van der Waals surface area contributed by atoms with Crippen molar-refractivity contribution < 1.29 is 4.58 Å². The van der Waals surface area contributed by atoms with Crippen molar-refractivity contribution in [1.29, 1.82) is 0 Å². The highest BCUT2D eigenvalue weighted by Crippen LogP contribution is 2.38. The minimum atomic E-state index is 0.0523. The van der Waals surface area contributed by atoms with Gasteiger partial charge in [0.25, 0.3) is 0 Å². The number of benzene rings is 1. The fourth-order valence-corrected chi connectivity index (χ4v) is 3.26. The topological polar surface area (TPSA) is 3.01 Å². The van der Waals surface area contributed by atoms with E-state index in [1.54, 1.807) is 0 Å². The second kappa shape index (κ2) is 5.00. The van der Waals surface area contributed by atoms with Crippen molar-refractivity contribution in [2.75, 3.05) is 7.05 Å². The number of allylic oxidation sites excluding steroid dienone is 8. The molecule has 106 valence electrons. The molecule has 0 amide bonds. The first-order chi connectivity index (χ1) is 10.0. The molecule has 1 aromatic carbocycles. The van der Waals surface area contributed by atoms with E-state index >= 15 is 0 Å². The summed E-state index contributed by atoms with van der Waals surface area (Å²) in [5.74, 6) is 0. The van der Waals surface area contributed by atoms with Gasteiger partial charge in [-0.15, -0.1) is 0 Å². The van der Waals surface area contributed by atoms with Crippen molar-refractivity contribution in [3.8, 4) is 0 Å². The summed E-state index contributed by atoms with van der Waals surface area (Å²) in [5.41, 5.74) is 6.72. The lowest BCUT2D eigenvalue weighted by Gasteiger charge is -2.14. The summed E-state index contributed by atoms with van der Waals surface area (Å²) in [5, 5.41) is 0. The van der Waals surface area contributed by atoms with Crippen molar-refractivity contribution in [2.45, 2.75) is 26.2 Å². The van der Waals surface area contributed by atoms with Gasteiger partial charge in [0.1, 0.15) is 7.05 Å². The van der Waals surface area contributed by atoms with Gasteiger partial charge in [-0.2, -0.15) is 4.58 Å². The third-order valence-electron chi connectivity index (χ3n) is 4.55. The zero-order valence-electron chi connectivity index (χ0n) is 13.2. The molecule has 0 N–H and O–H groups in total. The Balaban J connectivity index is 1.95. The van der Waals surface area contributed by atoms with Crippen LogP contribution in [0.4, 0.5) is 5.69 Å². The molecule has 2 aliphatic rings. The van der Waals surface area contributed by atoms with E-state index < -0.39 is 0 Å². The Hall–Kier alpha value is -2.15. The number of nitrogens with zero attached hydrogens (tertiary/aromatic N) is 1. The van der Waals surface area contributed by atoms with E-state index in [1.807, 2.05) is 0 Å². The Kier molecular flexibility index (Phi) is 3.29. The van der Waals surface area contributed by atoms with Crippen LogP contribution in [0.25, 0.3) is 0 Å². The van der Waals surface area contributed by atoms with Crippen molar-refractivity contribution in [3.05, 3.63) is 77.4 Å². The largest absolute Gasteiger partial charge is 0.209 e. The Bertz CT molecular complexity index is 737. The number of rotatable bonds is 2. The summed E-state index contributed by atoms with van der Waals surface area (Å²) in [6.45, 7) is 6.74. The molecule has 0 atom stereocenters. The average molecular weight is 276 g/mol. The molecule has 0 spiro atoms. The quantitative estimate of drug-likeness (QED) is 0.689. The van der Waals surface area contributed by atoms with Gasteiger partial charge in [0.2, 0.25) is 5.69 Å². The summed E-state index contributed by atoms with van der Waals surface area (Å²) in [4.78, 5) is 0. The van der Waals surface area contributed by atoms with Crippen LogP contribution in [-0.2, 0) is 5.41 Å².